The molecule has 0 spiro atoms. The van der Waals surface area contributed by atoms with Crippen molar-refractivity contribution in [3.63, 3.8) is 0 Å². The average Bonchev–Trinajstić information content (AvgIpc) is 2.33. The molecule has 0 N–H and O–H groups in total. The second-order valence-electron chi connectivity index (χ2n) is 4.08. The molecule has 0 aromatic carbocycles. The first-order chi connectivity index (χ1) is 8.15. The van der Waals surface area contributed by atoms with Crippen molar-refractivity contribution >= 4 is 11.9 Å². The SMILES string of the molecule is CCCCCCC(CC(=O)OC)C(=O)OCC. The van der Waals surface area contributed by atoms with Gasteiger partial charge < -0.3 is 9.47 Å². The van der Waals surface area contributed by atoms with Gasteiger partial charge in [-0.05, 0) is 13.3 Å². The molecule has 1 atom stereocenters. The van der Waals surface area contributed by atoms with Gasteiger partial charge in [-0.1, -0.05) is 32.6 Å². The molecule has 0 fully saturated rings. The zero-order valence-corrected chi connectivity index (χ0v) is 11.2. The van der Waals surface area contributed by atoms with Gasteiger partial charge in [-0.2, -0.15) is 0 Å². The minimum Gasteiger partial charge on any atom is -0.469 e. The summed E-state index contributed by atoms with van der Waals surface area (Å²) in [4.78, 5) is 22.8. The van der Waals surface area contributed by atoms with Crippen molar-refractivity contribution in [1.29, 1.82) is 0 Å². The van der Waals surface area contributed by atoms with Gasteiger partial charge in [0.1, 0.15) is 0 Å². The van der Waals surface area contributed by atoms with Crippen LogP contribution in [0.4, 0.5) is 0 Å². The van der Waals surface area contributed by atoms with E-state index in [1.165, 1.54) is 7.11 Å². The third-order valence-electron chi connectivity index (χ3n) is 2.67. The van der Waals surface area contributed by atoms with Crippen LogP contribution in [-0.4, -0.2) is 25.7 Å². The molecule has 0 amide bonds. The van der Waals surface area contributed by atoms with Gasteiger partial charge in [0, 0.05) is 0 Å². The highest BCUT2D eigenvalue weighted by Gasteiger charge is 2.22. The maximum Gasteiger partial charge on any atom is 0.309 e. The fourth-order valence-electron chi connectivity index (χ4n) is 1.67. The van der Waals surface area contributed by atoms with Crippen molar-refractivity contribution in [2.24, 2.45) is 5.92 Å². The molecular weight excluding hydrogens is 220 g/mol. The second kappa shape index (κ2) is 10.1. The Morgan fingerprint density at radius 3 is 2.35 bits per heavy atom. The van der Waals surface area contributed by atoms with E-state index in [1.807, 2.05) is 0 Å². The molecule has 0 aromatic heterocycles. The standard InChI is InChI=1S/C13H24O4/c1-4-6-7-8-9-11(10-12(14)16-3)13(15)17-5-2/h11H,4-10H2,1-3H3. The summed E-state index contributed by atoms with van der Waals surface area (Å²) in [6.07, 6.45) is 5.19. The van der Waals surface area contributed by atoms with E-state index in [-0.39, 0.29) is 24.3 Å². The van der Waals surface area contributed by atoms with E-state index in [0.717, 1.165) is 25.7 Å². The Labute approximate surface area is 104 Å². The van der Waals surface area contributed by atoms with Crippen LogP contribution in [0.2, 0.25) is 0 Å². The minimum atomic E-state index is -0.349. The predicted octanol–water partition coefficient (Wildman–Crippen LogP) is 2.70. The molecule has 0 saturated heterocycles. The Kier molecular flexibility index (Phi) is 9.49. The number of unbranched alkanes of at least 4 members (excludes halogenated alkanes) is 3. The lowest BCUT2D eigenvalue weighted by molar-refractivity contribution is -0.154. The first-order valence-corrected chi connectivity index (χ1v) is 6.39. The molecule has 0 aliphatic heterocycles. The summed E-state index contributed by atoms with van der Waals surface area (Å²) < 4.78 is 9.55. The zero-order chi connectivity index (χ0) is 13.1. The van der Waals surface area contributed by atoms with Crippen LogP contribution in [0.5, 0.6) is 0 Å². The van der Waals surface area contributed by atoms with Crippen LogP contribution in [0.1, 0.15) is 52.4 Å². The molecule has 100 valence electrons. The molecule has 0 heterocycles. The van der Waals surface area contributed by atoms with Crippen LogP contribution in [0.25, 0.3) is 0 Å². The summed E-state index contributed by atoms with van der Waals surface area (Å²) in [6, 6.07) is 0. The van der Waals surface area contributed by atoms with E-state index in [4.69, 9.17) is 4.74 Å². The fourth-order valence-corrected chi connectivity index (χ4v) is 1.67. The molecule has 4 heteroatoms. The smallest absolute Gasteiger partial charge is 0.309 e. The van der Waals surface area contributed by atoms with Gasteiger partial charge in [0.15, 0.2) is 0 Å². The van der Waals surface area contributed by atoms with Gasteiger partial charge >= 0.3 is 11.9 Å². The lowest BCUT2D eigenvalue weighted by Crippen LogP contribution is -2.21. The third kappa shape index (κ3) is 7.77. The highest BCUT2D eigenvalue weighted by atomic mass is 16.5. The maximum absolute atomic E-state index is 11.6. The largest absolute Gasteiger partial charge is 0.469 e. The van der Waals surface area contributed by atoms with Crippen molar-refractivity contribution in [2.45, 2.75) is 52.4 Å². The van der Waals surface area contributed by atoms with E-state index in [9.17, 15) is 9.59 Å². The molecule has 0 bridgehead atoms. The Balaban J connectivity index is 4.10. The van der Waals surface area contributed by atoms with Crippen molar-refractivity contribution < 1.29 is 19.1 Å². The van der Waals surface area contributed by atoms with Crippen molar-refractivity contribution in [1.82, 2.24) is 0 Å². The first kappa shape index (κ1) is 15.9. The highest BCUT2D eigenvalue weighted by Crippen LogP contribution is 2.17. The third-order valence-corrected chi connectivity index (χ3v) is 2.67. The number of carbonyl (C=O) groups is 2. The van der Waals surface area contributed by atoms with E-state index < -0.39 is 0 Å². The number of hydrogen-bond acceptors (Lipinski definition) is 4. The highest BCUT2D eigenvalue weighted by molar-refractivity contribution is 5.79. The predicted molar refractivity (Wildman–Crippen MR) is 65.5 cm³/mol. The normalized spacial score (nSPS) is 11.9. The molecule has 0 saturated carbocycles. The average molecular weight is 244 g/mol. The van der Waals surface area contributed by atoms with Crippen LogP contribution in [-0.2, 0) is 19.1 Å². The van der Waals surface area contributed by atoms with Crippen molar-refractivity contribution in [3.8, 4) is 0 Å². The van der Waals surface area contributed by atoms with Crippen LogP contribution in [0.3, 0.4) is 0 Å². The number of esters is 2. The number of rotatable bonds is 9. The molecule has 1 unspecified atom stereocenters. The molecule has 0 aliphatic carbocycles. The number of ether oxygens (including phenoxy) is 2. The van der Waals surface area contributed by atoms with Crippen LogP contribution < -0.4 is 0 Å². The van der Waals surface area contributed by atoms with Gasteiger partial charge in [0.25, 0.3) is 0 Å². The minimum absolute atomic E-state index is 0.126. The maximum atomic E-state index is 11.6. The van der Waals surface area contributed by atoms with Gasteiger partial charge in [0.05, 0.1) is 26.1 Å². The van der Waals surface area contributed by atoms with Gasteiger partial charge in [0.2, 0.25) is 0 Å². The van der Waals surface area contributed by atoms with Crippen molar-refractivity contribution in [3.05, 3.63) is 0 Å². The first-order valence-electron chi connectivity index (χ1n) is 6.39. The summed E-state index contributed by atoms with van der Waals surface area (Å²) in [5.74, 6) is -0.979. The molecule has 0 rings (SSSR count). The number of methoxy groups -OCH3 is 1. The van der Waals surface area contributed by atoms with E-state index >= 15 is 0 Å². The van der Waals surface area contributed by atoms with Crippen LogP contribution in [0, 0.1) is 5.92 Å². The fraction of sp³-hybridized carbons (Fsp3) is 0.846. The molecule has 17 heavy (non-hydrogen) atoms. The molecule has 4 nitrogen and oxygen atoms in total. The summed E-state index contributed by atoms with van der Waals surface area (Å²) in [5, 5.41) is 0. The number of carbonyl (C=O) groups excluding carboxylic acids is 2. The van der Waals surface area contributed by atoms with Crippen LogP contribution >= 0.6 is 0 Å². The van der Waals surface area contributed by atoms with E-state index in [2.05, 4.69) is 11.7 Å². The zero-order valence-electron chi connectivity index (χ0n) is 11.2. The Morgan fingerprint density at radius 1 is 1.12 bits per heavy atom. The monoisotopic (exact) mass is 244 g/mol. The summed E-state index contributed by atoms with van der Waals surface area (Å²) in [7, 11) is 1.33. The van der Waals surface area contributed by atoms with Gasteiger partial charge in [-0.3, -0.25) is 9.59 Å². The number of hydrogen-bond donors (Lipinski definition) is 0. The topological polar surface area (TPSA) is 52.6 Å². The van der Waals surface area contributed by atoms with Crippen molar-refractivity contribution in [2.75, 3.05) is 13.7 Å². The Morgan fingerprint density at radius 2 is 1.82 bits per heavy atom. The molecule has 0 radical (unpaired) electrons. The van der Waals surface area contributed by atoms with Crippen LogP contribution in [0.15, 0.2) is 0 Å². The quantitative estimate of drug-likeness (QED) is 0.462. The summed E-state index contributed by atoms with van der Waals surface area (Å²) >= 11 is 0. The van der Waals surface area contributed by atoms with Gasteiger partial charge in [-0.15, -0.1) is 0 Å². The summed E-state index contributed by atoms with van der Waals surface area (Å²) in [6.45, 7) is 4.26. The van der Waals surface area contributed by atoms with E-state index in [0.29, 0.717) is 13.0 Å². The van der Waals surface area contributed by atoms with E-state index in [1.54, 1.807) is 6.92 Å². The lowest BCUT2D eigenvalue weighted by Gasteiger charge is -2.14. The van der Waals surface area contributed by atoms with Gasteiger partial charge in [-0.25, -0.2) is 0 Å². The second-order valence-corrected chi connectivity index (χ2v) is 4.08. The Bertz CT molecular complexity index is 225. The summed E-state index contributed by atoms with van der Waals surface area (Å²) in [5.41, 5.74) is 0. The molecular formula is C13H24O4. The Hall–Kier alpha value is -1.06. The molecule has 0 aliphatic rings. The lowest BCUT2D eigenvalue weighted by atomic mass is 9.97. The molecule has 0 aromatic rings.